The lowest BCUT2D eigenvalue weighted by Crippen LogP contribution is -2.36. The van der Waals surface area contributed by atoms with Crippen LogP contribution in [0.3, 0.4) is 0 Å². The summed E-state index contributed by atoms with van der Waals surface area (Å²) in [7, 11) is 3.40. The minimum absolute atomic E-state index is 0.0355. The van der Waals surface area contributed by atoms with E-state index >= 15 is 0 Å². The molecule has 2 N–H and O–H groups in total. The van der Waals surface area contributed by atoms with Gasteiger partial charge in [0.1, 0.15) is 5.75 Å². The van der Waals surface area contributed by atoms with Crippen molar-refractivity contribution < 1.29 is 14.7 Å². The molecule has 0 saturated heterocycles. The monoisotopic (exact) mass is 264 g/mol. The molecule has 104 valence electrons. The van der Waals surface area contributed by atoms with Crippen molar-refractivity contribution >= 4 is 11.7 Å². The predicted molar refractivity (Wildman–Crippen MR) is 73.2 cm³/mol. The zero-order chi connectivity index (χ0) is 14.4. The van der Waals surface area contributed by atoms with Crippen LogP contribution in [-0.2, 0) is 4.79 Å². The maximum absolute atomic E-state index is 12.0. The number of carbonyl (C=O) groups excluding carboxylic acids is 2. The molecule has 1 rings (SSSR count). The highest BCUT2D eigenvalue weighted by Gasteiger charge is 2.16. The van der Waals surface area contributed by atoms with Crippen LogP contribution in [0, 0.1) is 5.92 Å². The van der Waals surface area contributed by atoms with Gasteiger partial charge in [-0.05, 0) is 31.3 Å². The highest BCUT2D eigenvalue weighted by Crippen LogP contribution is 2.10. The van der Waals surface area contributed by atoms with E-state index in [0.717, 1.165) is 0 Å². The molecule has 0 spiro atoms. The van der Waals surface area contributed by atoms with Crippen LogP contribution in [0.5, 0.6) is 5.75 Å². The van der Waals surface area contributed by atoms with Gasteiger partial charge in [-0.25, -0.2) is 0 Å². The van der Waals surface area contributed by atoms with Crippen LogP contribution >= 0.6 is 0 Å². The standard InChI is InChI=1S/C14H20N2O3/c1-10(14(19)15-2)8-16(3)9-13(18)11-4-6-12(17)7-5-11/h4-7,10,17H,8-9H2,1-3H3,(H,15,19). The molecule has 0 heterocycles. The first-order chi connectivity index (χ1) is 8.93. The Kier molecular flexibility index (Phi) is 5.51. The molecule has 1 aromatic rings. The van der Waals surface area contributed by atoms with Gasteiger partial charge in [0.05, 0.1) is 6.54 Å². The van der Waals surface area contributed by atoms with Gasteiger partial charge in [-0.2, -0.15) is 0 Å². The number of aromatic hydroxyl groups is 1. The summed E-state index contributed by atoms with van der Waals surface area (Å²) in [6.45, 7) is 2.58. The minimum atomic E-state index is -0.164. The Hall–Kier alpha value is -1.88. The second-order valence-corrected chi connectivity index (χ2v) is 4.68. The molecular weight excluding hydrogens is 244 g/mol. The number of Topliss-reactive ketones (excluding diaryl/α,β-unsaturated/α-hetero) is 1. The van der Waals surface area contributed by atoms with Crippen LogP contribution < -0.4 is 5.32 Å². The number of likely N-dealkylation sites (N-methyl/N-ethyl adjacent to an activating group) is 1. The van der Waals surface area contributed by atoms with Gasteiger partial charge in [-0.1, -0.05) is 6.92 Å². The van der Waals surface area contributed by atoms with Crippen LogP contribution in [0.15, 0.2) is 24.3 Å². The molecule has 0 bridgehead atoms. The second-order valence-electron chi connectivity index (χ2n) is 4.68. The van der Waals surface area contributed by atoms with Gasteiger partial charge in [0, 0.05) is 25.1 Å². The fraction of sp³-hybridized carbons (Fsp3) is 0.429. The number of phenols is 1. The normalized spacial score (nSPS) is 12.2. The van der Waals surface area contributed by atoms with E-state index in [1.807, 2.05) is 11.8 Å². The summed E-state index contributed by atoms with van der Waals surface area (Å²) in [6, 6.07) is 6.15. The van der Waals surface area contributed by atoms with Gasteiger partial charge in [0.2, 0.25) is 5.91 Å². The van der Waals surface area contributed by atoms with E-state index in [2.05, 4.69) is 5.32 Å². The van der Waals surface area contributed by atoms with Crippen molar-refractivity contribution in [1.82, 2.24) is 10.2 Å². The molecule has 5 heteroatoms. The van der Waals surface area contributed by atoms with Gasteiger partial charge >= 0.3 is 0 Å². The van der Waals surface area contributed by atoms with Crippen molar-refractivity contribution in [3.63, 3.8) is 0 Å². The number of ketones is 1. The average Bonchev–Trinajstić information content (AvgIpc) is 2.38. The molecule has 1 unspecified atom stereocenters. The largest absolute Gasteiger partial charge is 0.508 e. The average molecular weight is 264 g/mol. The summed E-state index contributed by atoms with van der Waals surface area (Å²) in [6.07, 6.45) is 0. The summed E-state index contributed by atoms with van der Waals surface area (Å²) in [5.74, 6) is -0.101. The molecule has 5 nitrogen and oxygen atoms in total. The third kappa shape index (κ3) is 4.71. The Bertz CT molecular complexity index is 443. The van der Waals surface area contributed by atoms with E-state index in [1.54, 1.807) is 26.2 Å². The first-order valence-electron chi connectivity index (χ1n) is 6.16. The van der Waals surface area contributed by atoms with Gasteiger partial charge in [0.25, 0.3) is 0 Å². The van der Waals surface area contributed by atoms with Crippen LogP contribution in [0.4, 0.5) is 0 Å². The van der Waals surface area contributed by atoms with E-state index in [-0.39, 0.29) is 29.9 Å². The van der Waals surface area contributed by atoms with Gasteiger partial charge in [-0.3, -0.25) is 14.5 Å². The summed E-state index contributed by atoms with van der Waals surface area (Å²) < 4.78 is 0. The molecule has 0 fully saturated rings. The van der Waals surface area contributed by atoms with Crippen molar-refractivity contribution in [1.29, 1.82) is 0 Å². The SMILES string of the molecule is CNC(=O)C(C)CN(C)CC(=O)c1ccc(O)cc1. The molecular formula is C14H20N2O3. The fourth-order valence-corrected chi connectivity index (χ4v) is 1.85. The first-order valence-corrected chi connectivity index (χ1v) is 6.16. The molecule has 1 atom stereocenters. The smallest absolute Gasteiger partial charge is 0.223 e. The molecule has 0 aromatic heterocycles. The van der Waals surface area contributed by atoms with Gasteiger partial charge in [-0.15, -0.1) is 0 Å². The third-order valence-electron chi connectivity index (χ3n) is 2.88. The summed E-state index contributed by atoms with van der Waals surface area (Å²) in [5.41, 5.74) is 0.553. The topological polar surface area (TPSA) is 69.6 Å². The number of amides is 1. The second kappa shape index (κ2) is 6.89. The predicted octanol–water partition coefficient (Wildman–Crippen LogP) is 0.889. The number of nitrogens with one attached hydrogen (secondary N) is 1. The van der Waals surface area contributed by atoms with E-state index in [1.165, 1.54) is 12.1 Å². The Morgan fingerprint density at radius 3 is 2.42 bits per heavy atom. The van der Waals surface area contributed by atoms with Crippen LogP contribution in [-0.4, -0.2) is 48.9 Å². The number of hydrogen-bond donors (Lipinski definition) is 2. The Morgan fingerprint density at radius 1 is 1.32 bits per heavy atom. The highest BCUT2D eigenvalue weighted by atomic mass is 16.3. The number of carbonyl (C=O) groups is 2. The first kappa shape index (κ1) is 15.2. The lowest BCUT2D eigenvalue weighted by Gasteiger charge is -2.19. The van der Waals surface area contributed by atoms with Gasteiger partial charge in [0.15, 0.2) is 5.78 Å². The molecule has 0 aliphatic carbocycles. The van der Waals surface area contributed by atoms with E-state index < -0.39 is 0 Å². The Labute approximate surface area is 113 Å². The molecule has 0 aliphatic heterocycles. The third-order valence-corrected chi connectivity index (χ3v) is 2.88. The molecule has 1 aromatic carbocycles. The van der Waals surface area contributed by atoms with Gasteiger partial charge < -0.3 is 10.4 Å². The van der Waals surface area contributed by atoms with E-state index in [4.69, 9.17) is 5.11 Å². The van der Waals surface area contributed by atoms with Crippen LogP contribution in [0.25, 0.3) is 0 Å². The molecule has 0 saturated carbocycles. The zero-order valence-electron chi connectivity index (χ0n) is 11.5. The van der Waals surface area contributed by atoms with E-state index in [0.29, 0.717) is 12.1 Å². The maximum atomic E-state index is 12.0. The highest BCUT2D eigenvalue weighted by molar-refractivity contribution is 5.97. The summed E-state index contributed by atoms with van der Waals surface area (Å²) >= 11 is 0. The van der Waals surface area contributed by atoms with Crippen molar-refractivity contribution in [2.75, 3.05) is 27.2 Å². The number of benzene rings is 1. The summed E-state index contributed by atoms with van der Waals surface area (Å²) in [4.78, 5) is 25.2. The number of hydrogen-bond acceptors (Lipinski definition) is 4. The van der Waals surface area contributed by atoms with Crippen molar-refractivity contribution in [3.05, 3.63) is 29.8 Å². The van der Waals surface area contributed by atoms with Crippen LogP contribution in [0.2, 0.25) is 0 Å². The molecule has 1 amide bonds. The summed E-state index contributed by atoms with van der Waals surface area (Å²) in [5, 5.41) is 11.7. The van der Waals surface area contributed by atoms with E-state index in [9.17, 15) is 9.59 Å². The lowest BCUT2D eigenvalue weighted by atomic mass is 10.1. The van der Waals surface area contributed by atoms with Crippen molar-refractivity contribution in [2.45, 2.75) is 6.92 Å². The zero-order valence-corrected chi connectivity index (χ0v) is 11.5. The fourth-order valence-electron chi connectivity index (χ4n) is 1.85. The van der Waals surface area contributed by atoms with Crippen molar-refractivity contribution in [2.24, 2.45) is 5.92 Å². The maximum Gasteiger partial charge on any atom is 0.223 e. The number of rotatable bonds is 6. The molecule has 0 radical (unpaired) electrons. The Balaban J connectivity index is 2.52. The quantitative estimate of drug-likeness (QED) is 0.749. The minimum Gasteiger partial charge on any atom is -0.508 e. The Morgan fingerprint density at radius 2 is 1.89 bits per heavy atom. The van der Waals surface area contributed by atoms with Crippen LogP contribution in [0.1, 0.15) is 17.3 Å². The molecule has 0 aliphatic rings. The number of phenolic OH excluding ortho intramolecular Hbond substituents is 1. The number of nitrogens with zero attached hydrogens (tertiary/aromatic N) is 1. The lowest BCUT2D eigenvalue weighted by molar-refractivity contribution is -0.124. The van der Waals surface area contributed by atoms with Crippen molar-refractivity contribution in [3.8, 4) is 5.75 Å². The molecule has 19 heavy (non-hydrogen) atoms.